The minimum absolute atomic E-state index is 0.00371. The van der Waals surface area contributed by atoms with Gasteiger partial charge in [-0.3, -0.25) is 4.79 Å². The molecule has 3 heterocycles. The van der Waals surface area contributed by atoms with Crippen LogP contribution in [0.25, 0.3) is 0 Å². The maximum Gasteiger partial charge on any atom is 0.248 e. The molecule has 1 unspecified atom stereocenters. The molecule has 1 fully saturated rings. The molecule has 0 N–H and O–H groups in total. The SMILES string of the molecule is CC(OCC(=O)N(C)C1CCN(c2cccnn2)CC1)c1nccn1C. The predicted octanol–water partition coefficient (Wildman–Crippen LogP) is 1.42. The fourth-order valence-corrected chi connectivity index (χ4v) is 3.29. The zero-order valence-corrected chi connectivity index (χ0v) is 15.6. The molecule has 1 amide bonds. The molecule has 0 aliphatic carbocycles. The van der Waals surface area contributed by atoms with Crippen molar-refractivity contribution < 1.29 is 9.53 Å². The minimum Gasteiger partial charge on any atom is -0.361 e. The molecule has 1 aliphatic heterocycles. The van der Waals surface area contributed by atoms with Crippen molar-refractivity contribution in [1.29, 1.82) is 0 Å². The first kappa shape index (κ1) is 18.3. The summed E-state index contributed by atoms with van der Waals surface area (Å²) >= 11 is 0. The van der Waals surface area contributed by atoms with Crippen molar-refractivity contribution >= 4 is 11.7 Å². The number of nitrogens with zero attached hydrogens (tertiary/aromatic N) is 6. The number of piperidine rings is 1. The Morgan fingerprint density at radius 3 is 2.77 bits per heavy atom. The van der Waals surface area contributed by atoms with Crippen molar-refractivity contribution in [3.05, 3.63) is 36.5 Å². The number of rotatable bonds is 6. The van der Waals surface area contributed by atoms with E-state index in [0.29, 0.717) is 0 Å². The fraction of sp³-hybridized carbons (Fsp3) is 0.556. The summed E-state index contributed by atoms with van der Waals surface area (Å²) in [5.41, 5.74) is 0. The standard InChI is InChI=1S/C18H26N6O2/c1-14(18-19-9-12-22(18)2)26-13-17(25)23(3)15-6-10-24(11-7-15)16-5-4-8-20-21-16/h4-5,8-9,12,14-15H,6-7,10-11,13H2,1-3H3. The molecule has 1 atom stereocenters. The molecule has 1 aliphatic rings. The zero-order chi connectivity index (χ0) is 18.5. The molecule has 140 valence electrons. The van der Waals surface area contributed by atoms with Crippen molar-refractivity contribution in [2.24, 2.45) is 7.05 Å². The Bertz CT molecular complexity index is 711. The van der Waals surface area contributed by atoms with Gasteiger partial charge >= 0.3 is 0 Å². The number of aromatic nitrogens is 4. The smallest absolute Gasteiger partial charge is 0.248 e. The number of carbonyl (C=O) groups is 1. The number of aryl methyl sites for hydroxylation is 1. The van der Waals surface area contributed by atoms with Crippen LogP contribution in [-0.2, 0) is 16.6 Å². The van der Waals surface area contributed by atoms with E-state index in [2.05, 4.69) is 20.1 Å². The van der Waals surface area contributed by atoms with E-state index in [1.807, 2.05) is 48.8 Å². The molecular formula is C18H26N6O2. The molecule has 0 saturated carbocycles. The Labute approximate surface area is 153 Å². The highest BCUT2D eigenvalue weighted by molar-refractivity contribution is 5.77. The summed E-state index contributed by atoms with van der Waals surface area (Å²) in [5, 5.41) is 8.09. The number of carbonyl (C=O) groups excluding carboxylic acids is 1. The second-order valence-corrected chi connectivity index (χ2v) is 6.65. The van der Waals surface area contributed by atoms with Gasteiger partial charge in [0, 0.05) is 51.8 Å². The van der Waals surface area contributed by atoms with Crippen LogP contribution < -0.4 is 4.90 Å². The number of ether oxygens (including phenoxy) is 1. The van der Waals surface area contributed by atoms with Crippen LogP contribution in [0.3, 0.4) is 0 Å². The van der Waals surface area contributed by atoms with Gasteiger partial charge in [0.05, 0.1) is 0 Å². The summed E-state index contributed by atoms with van der Waals surface area (Å²) in [5.74, 6) is 1.72. The predicted molar refractivity (Wildman–Crippen MR) is 97.6 cm³/mol. The highest BCUT2D eigenvalue weighted by Crippen LogP contribution is 2.20. The third-order valence-corrected chi connectivity index (χ3v) is 4.97. The van der Waals surface area contributed by atoms with E-state index in [0.717, 1.165) is 37.6 Å². The van der Waals surface area contributed by atoms with E-state index in [-0.39, 0.29) is 24.7 Å². The minimum atomic E-state index is -0.217. The van der Waals surface area contributed by atoms with Crippen LogP contribution in [0.4, 0.5) is 5.82 Å². The van der Waals surface area contributed by atoms with E-state index >= 15 is 0 Å². The number of amides is 1. The summed E-state index contributed by atoms with van der Waals surface area (Å²) in [6.45, 7) is 3.71. The Kier molecular flexibility index (Phi) is 5.82. The van der Waals surface area contributed by atoms with Crippen LogP contribution in [0.2, 0.25) is 0 Å². The normalized spacial score (nSPS) is 16.5. The van der Waals surface area contributed by atoms with Crippen molar-refractivity contribution in [3.8, 4) is 0 Å². The van der Waals surface area contributed by atoms with Crippen molar-refractivity contribution in [2.75, 3.05) is 31.6 Å². The van der Waals surface area contributed by atoms with Crippen molar-refractivity contribution in [3.63, 3.8) is 0 Å². The second-order valence-electron chi connectivity index (χ2n) is 6.65. The first-order valence-electron chi connectivity index (χ1n) is 8.93. The lowest BCUT2D eigenvalue weighted by Crippen LogP contribution is -2.47. The highest BCUT2D eigenvalue weighted by Gasteiger charge is 2.26. The van der Waals surface area contributed by atoms with Crippen LogP contribution in [-0.4, -0.2) is 63.3 Å². The van der Waals surface area contributed by atoms with Crippen molar-refractivity contribution in [1.82, 2.24) is 24.6 Å². The first-order valence-corrected chi connectivity index (χ1v) is 8.93. The second kappa shape index (κ2) is 8.27. The molecule has 26 heavy (non-hydrogen) atoms. The van der Waals surface area contributed by atoms with Gasteiger partial charge < -0.3 is 19.1 Å². The van der Waals surface area contributed by atoms with E-state index < -0.39 is 0 Å². The molecule has 1 saturated heterocycles. The molecule has 0 spiro atoms. The number of hydrogen-bond donors (Lipinski definition) is 0. The van der Waals surface area contributed by atoms with Gasteiger partial charge in [-0.2, -0.15) is 5.10 Å². The molecule has 2 aromatic rings. The van der Waals surface area contributed by atoms with Crippen LogP contribution in [0.15, 0.2) is 30.7 Å². The van der Waals surface area contributed by atoms with Gasteiger partial charge in [0.25, 0.3) is 0 Å². The largest absolute Gasteiger partial charge is 0.361 e. The summed E-state index contributed by atoms with van der Waals surface area (Å²) in [7, 11) is 3.78. The topological polar surface area (TPSA) is 76.4 Å². The van der Waals surface area contributed by atoms with Gasteiger partial charge in [-0.25, -0.2) is 4.98 Å². The summed E-state index contributed by atoms with van der Waals surface area (Å²) < 4.78 is 7.63. The Hall–Kier alpha value is -2.48. The summed E-state index contributed by atoms with van der Waals surface area (Å²) in [4.78, 5) is 20.8. The summed E-state index contributed by atoms with van der Waals surface area (Å²) in [6.07, 6.45) is 6.88. The lowest BCUT2D eigenvalue weighted by Gasteiger charge is -2.37. The molecule has 2 aromatic heterocycles. The van der Waals surface area contributed by atoms with Crippen LogP contribution in [0.1, 0.15) is 31.7 Å². The monoisotopic (exact) mass is 358 g/mol. The molecule has 0 bridgehead atoms. The zero-order valence-electron chi connectivity index (χ0n) is 15.6. The molecule has 8 nitrogen and oxygen atoms in total. The Balaban J connectivity index is 1.46. The molecule has 0 aromatic carbocycles. The number of hydrogen-bond acceptors (Lipinski definition) is 6. The highest BCUT2D eigenvalue weighted by atomic mass is 16.5. The van der Waals surface area contributed by atoms with Gasteiger partial charge in [0.1, 0.15) is 18.5 Å². The van der Waals surface area contributed by atoms with E-state index in [9.17, 15) is 4.79 Å². The molecule has 8 heteroatoms. The Morgan fingerprint density at radius 2 is 2.15 bits per heavy atom. The van der Waals surface area contributed by atoms with Gasteiger partial charge in [-0.05, 0) is 31.9 Å². The maximum absolute atomic E-state index is 12.5. The average molecular weight is 358 g/mol. The maximum atomic E-state index is 12.5. The first-order chi connectivity index (χ1) is 12.6. The van der Waals surface area contributed by atoms with E-state index in [1.165, 1.54) is 0 Å². The van der Waals surface area contributed by atoms with Gasteiger partial charge in [-0.15, -0.1) is 5.10 Å². The lowest BCUT2D eigenvalue weighted by molar-refractivity contribution is -0.139. The van der Waals surface area contributed by atoms with Crippen LogP contribution >= 0.6 is 0 Å². The van der Waals surface area contributed by atoms with Gasteiger partial charge in [0.15, 0.2) is 5.82 Å². The summed E-state index contributed by atoms with van der Waals surface area (Å²) in [6, 6.07) is 4.08. The quantitative estimate of drug-likeness (QED) is 0.777. The number of imidazole rings is 1. The average Bonchev–Trinajstić information content (AvgIpc) is 3.12. The fourth-order valence-electron chi connectivity index (χ4n) is 3.29. The number of likely N-dealkylation sites (N-methyl/N-ethyl adjacent to an activating group) is 1. The van der Waals surface area contributed by atoms with Crippen LogP contribution in [0.5, 0.6) is 0 Å². The molecule has 3 rings (SSSR count). The lowest BCUT2D eigenvalue weighted by atomic mass is 10.0. The van der Waals surface area contributed by atoms with E-state index in [1.54, 1.807) is 12.4 Å². The molecular weight excluding hydrogens is 332 g/mol. The van der Waals surface area contributed by atoms with Gasteiger partial charge in [-0.1, -0.05) is 0 Å². The van der Waals surface area contributed by atoms with Gasteiger partial charge in [0.2, 0.25) is 5.91 Å². The van der Waals surface area contributed by atoms with Crippen LogP contribution in [0, 0.1) is 0 Å². The Morgan fingerprint density at radius 1 is 1.38 bits per heavy atom. The number of anilines is 1. The third-order valence-electron chi connectivity index (χ3n) is 4.97. The van der Waals surface area contributed by atoms with Crippen molar-refractivity contribution in [2.45, 2.75) is 31.9 Å². The molecule has 0 radical (unpaired) electrons. The third kappa shape index (κ3) is 4.19. The van der Waals surface area contributed by atoms with E-state index in [4.69, 9.17) is 4.74 Å².